The van der Waals surface area contributed by atoms with Crippen LogP contribution in [-0.4, -0.2) is 27.4 Å². The molecule has 2 unspecified atom stereocenters. The van der Waals surface area contributed by atoms with Crippen molar-refractivity contribution in [1.29, 1.82) is 0 Å². The number of aryl methyl sites for hydroxylation is 1. The Hall–Kier alpha value is -2.96. The third-order valence-corrected chi connectivity index (χ3v) is 5.28. The smallest absolute Gasteiger partial charge is 0.332 e. The van der Waals surface area contributed by atoms with Crippen molar-refractivity contribution in [2.45, 2.75) is 19.3 Å². The van der Waals surface area contributed by atoms with Gasteiger partial charge in [-0.1, -0.05) is 31.2 Å². The standard InChI is InChI=1S/C19H19N3O4/c1-4-10-5-7-11(8-6-10)13-14-12(9-26-18(14)24)20-16-15(13)17(23)22(3)19(25)21(16)2/h5-8,13-14H,4,9H2,1-3H3. The molecule has 0 radical (unpaired) electrons. The second-order valence-corrected chi connectivity index (χ2v) is 6.70. The summed E-state index contributed by atoms with van der Waals surface area (Å²) in [7, 11) is 3.02. The molecular weight excluding hydrogens is 334 g/mol. The Bertz CT molecular complexity index is 1060. The summed E-state index contributed by atoms with van der Waals surface area (Å²) in [6.45, 7) is 2.16. The fourth-order valence-electron chi connectivity index (χ4n) is 3.78. The molecule has 0 N–H and O–H groups in total. The fraction of sp³-hybridized carbons (Fsp3) is 0.368. The normalized spacial score (nSPS) is 21.0. The Balaban J connectivity index is 2.03. The van der Waals surface area contributed by atoms with E-state index in [1.165, 1.54) is 17.2 Å². The van der Waals surface area contributed by atoms with E-state index in [1.54, 1.807) is 7.05 Å². The molecule has 0 spiro atoms. The second kappa shape index (κ2) is 5.79. The van der Waals surface area contributed by atoms with Crippen molar-refractivity contribution in [3.8, 4) is 0 Å². The molecule has 2 atom stereocenters. The topological polar surface area (TPSA) is 82.7 Å². The first kappa shape index (κ1) is 16.5. The molecule has 134 valence electrons. The van der Waals surface area contributed by atoms with Crippen LogP contribution >= 0.6 is 0 Å². The first-order valence-electron chi connectivity index (χ1n) is 8.56. The van der Waals surface area contributed by atoms with Crippen molar-refractivity contribution in [3.05, 3.63) is 61.8 Å². The minimum atomic E-state index is -0.625. The maximum atomic E-state index is 12.9. The Morgan fingerprint density at radius 1 is 1.08 bits per heavy atom. The number of hydrogen-bond acceptors (Lipinski definition) is 5. The Labute approximate surface area is 149 Å². The van der Waals surface area contributed by atoms with Crippen molar-refractivity contribution in [3.63, 3.8) is 0 Å². The van der Waals surface area contributed by atoms with E-state index in [0.29, 0.717) is 17.1 Å². The van der Waals surface area contributed by atoms with Crippen molar-refractivity contribution >= 4 is 17.5 Å². The summed E-state index contributed by atoms with van der Waals surface area (Å²) < 4.78 is 7.62. The van der Waals surface area contributed by atoms with Crippen LogP contribution in [0.5, 0.6) is 0 Å². The van der Waals surface area contributed by atoms with E-state index < -0.39 is 23.1 Å². The van der Waals surface area contributed by atoms with Crippen LogP contribution in [0.2, 0.25) is 0 Å². The molecule has 0 amide bonds. The van der Waals surface area contributed by atoms with Crippen LogP contribution in [0.1, 0.15) is 29.5 Å². The first-order valence-corrected chi connectivity index (χ1v) is 8.56. The minimum absolute atomic E-state index is 0.0931. The lowest BCUT2D eigenvalue weighted by atomic mass is 9.77. The minimum Gasteiger partial charge on any atom is -0.459 e. The van der Waals surface area contributed by atoms with Crippen LogP contribution in [0, 0.1) is 5.92 Å². The number of aromatic nitrogens is 2. The average Bonchev–Trinajstić information content (AvgIpc) is 3.04. The van der Waals surface area contributed by atoms with Gasteiger partial charge in [-0.25, -0.2) is 9.79 Å². The monoisotopic (exact) mass is 353 g/mol. The second-order valence-electron chi connectivity index (χ2n) is 6.70. The fourth-order valence-corrected chi connectivity index (χ4v) is 3.78. The molecule has 0 saturated carbocycles. The van der Waals surface area contributed by atoms with Gasteiger partial charge in [0.2, 0.25) is 0 Å². The molecule has 0 bridgehead atoms. The van der Waals surface area contributed by atoms with Gasteiger partial charge in [0, 0.05) is 20.0 Å². The SMILES string of the molecule is CCc1ccc(C2c3c(n(C)c(=O)n(C)c3=O)N=C3COC(=O)C32)cc1. The van der Waals surface area contributed by atoms with Crippen molar-refractivity contribution in [2.24, 2.45) is 25.0 Å². The number of aliphatic imine (C=N–C) groups is 1. The Morgan fingerprint density at radius 3 is 2.42 bits per heavy atom. The molecule has 7 nitrogen and oxygen atoms in total. The molecule has 2 aliphatic rings. The molecule has 1 aromatic carbocycles. The molecule has 0 aliphatic carbocycles. The summed E-state index contributed by atoms with van der Waals surface area (Å²) in [6, 6.07) is 7.86. The van der Waals surface area contributed by atoms with Gasteiger partial charge in [-0.3, -0.25) is 18.7 Å². The number of ether oxygens (including phenoxy) is 1. The quantitative estimate of drug-likeness (QED) is 0.755. The number of rotatable bonds is 2. The highest BCUT2D eigenvalue weighted by molar-refractivity contribution is 6.10. The molecular formula is C19H19N3O4. The zero-order valence-corrected chi connectivity index (χ0v) is 14.9. The maximum Gasteiger partial charge on any atom is 0.332 e. The molecule has 7 heteroatoms. The number of esters is 1. The van der Waals surface area contributed by atoms with E-state index in [0.717, 1.165) is 16.6 Å². The van der Waals surface area contributed by atoms with Crippen LogP contribution in [0.15, 0.2) is 38.8 Å². The van der Waals surface area contributed by atoms with E-state index in [9.17, 15) is 14.4 Å². The van der Waals surface area contributed by atoms with E-state index in [4.69, 9.17) is 4.74 Å². The number of cyclic esters (lactones) is 1. The predicted molar refractivity (Wildman–Crippen MR) is 96.1 cm³/mol. The van der Waals surface area contributed by atoms with Crippen LogP contribution in [0.4, 0.5) is 5.82 Å². The van der Waals surface area contributed by atoms with Crippen LogP contribution in [0.3, 0.4) is 0 Å². The Kier molecular flexibility index (Phi) is 3.68. The van der Waals surface area contributed by atoms with Gasteiger partial charge >= 0.3 is 11.7 Å². The lowest BCUT2D eigenvalue weighted by molar-refractivity contribution is -0.141. The zero-order chi connectivity index (χ0) is 18.6. The average molecular weight is 353 g/mol. The van der Waals surface area contributed by atoms with Crippen molar-refractivity contribution < 1.29 is 9.53 Å². The number of carbonyl (C=O) groups excluding carboxylic acids is 1. The van der Waals surface area contributed by atoms with Gasteiger partial charge in [-0.15, -0.1) is 0 Å². The number of carbonyl (C=O) groups is 1. The van der Waals surface area contributed by atoms with Gasteiger partial charge in [-0.2, -0.15) is 0 Å². The zero-order valence-electron chi connectivity index (χ0n) is 14.9. The highest BCUT2D eigenvalue weighted by atomic mass is 16.5. The lowest BCUT2D eigenvalue weighted by Gasteiger charge is -2.28. The van der Waals surface area contributed by atoms with Crippen LogP contribution < -0.4 is 11.2 Å². The highest BCUT2D eigenvalue weighted by Gasteiger charge is 2.46. The van der Waals surface area contributed by atoms with Gasteiger partial charge in [0.1, 0.15) is 18.3 Å². The van der Waals surface area contributed by atoms with Crippen LogP contribution in [0.25, 0.3) is 0 Å². The molecule has 26 heavy (non-hydrogen) atoms. The molecule has 3 heterocycles. The number of hydrogen-bond donors (Lipinski definition) is 0. The summed E-state index contributed by atoms with van der Waals surface area (Å²) in [5.74, 6) is -1.20. The predicted octanol–water partition coefficient (Wildman–Crippen LogP) is 1.04. The number of fused-ring (bicyclic) bond motifs is 2. The summed E-state index contributed by atoms with van der Waals surface area (Å²) in [6.07, 6.45) is 0.899. The number of benzene rings is 1. The molecule has 2 aromatic rings. The van der Waals surface area contributed by atoms with E-state index in [1.807, 2.05) is 24.3 Å². The van der Waals surface area contributed by atoms with E-state index in [-0.39, 0.29) is 12.6 Å². The highest BCUT2D eigenvalue weighted by Crippen LogP contribution is 2.42. The number of nitrogens with zero attached hydrogens (tertiary/aromatic N) is 3. The van der Waals surface area contributed by atoms with Crippen LogP contribution in [-0.2, 0) is 30.0 Å². The first-order chi connectivity index (χ1) is 12.4. The van der Waals surface area contributed by atoms with Gasteiger partial charge in [-0.05, 0) is 17.5 Å². The molecule has 1 aromatic heterocycles. The van der Waals surface area contributed by atoms with E-state index in [2.05, 4.69) is 11.9 Å². The molecule has 2 aliphatic heterocycles. The summed E-state index contributed by atoms with van der Waals surface area (Å²) in [5.41, 5.74) is 2.08. The molecule has 1 saturated heterocycles. The van der Waals surface area contributed by atoms with Gasteiger partial charge < -0.3 is 4.74 Å². The summed E-state index contributed by atoms with van der Waals surface area (Å²) >= 11 is 0. The van der Waals surface area contributed by atoms with E-state index >= 15 is 0 Å². The van der Waals surface area contributed by atoms with Crippen molar-refractivity contribution in [2.75, 3.05) is 6.61 Å². The van der Waals surface area contributed by atoms with Gasteiger partial charge in [0.05, 0.1) is 11.3 Å². The largest absolute Gasteiger partial charge is 0.459 e. The van der Waals surface area contributed by atoms with Crippen molar-refractivity contribution in [1.82, 2.24) is 9.13 Å². The molecule has 1 fully saturated rings. The van der Waals surface area contributed by atoms with Gasteiger partial charge in [0.15, 0.2) is 0 Å². The lowest BCUT2D eigenvalue weighted by Crippen LogP contribution is -2.43. The third kappa shape index (κ3) is 2.20. The summed E-state index contributed by atoms with van der Waals surface area (Å²) in [4.78, 5) is 42.1. The van der Waals surface area contributed by atoms with Gasteiger partial charge in [0.25, 0.3) is 5.56 Å². The summed E-state index contributed by atoms with van der Waals surface area (Å²) in [5, 5.41) is 0. The molecule has 4 rings (SSSR count). The third-order valence-electron chi connectivity index (χ3n) is 5.28. The maximum absolute atomic E-state index is 12.9. The Morgan fingerprint density at radius 2 is 1.77 bits per heavy atom.